The molecule has 0 aliphatic carbocycles. The summed E-state index contributed by atoms with van der Waals surface area (Å²) in [5, 5.41) is 12.6. The predicted molar refractivity (Wildman–Crippen MR) is 145 cm³/mol. The zero-order valence-corrected chi connectivity index (χ0v) is 22.5. The van der Waals surface area contributed by atoms with Crippen LogP contribution < -0.4 is 14.8 Å². The van der Waals surface area contributed by atoms with Crippen LogP contribution in [0.15, 0.2) is 66.7 Å². The van der Waals surface area contributed by atoms with Gasteiger partial charge in [0.2, 0.25) is 0 Å². The molecule has 37 heavy (non-hydrogen) atoms. The van der Waals surface area contributed by atoms with Gasteiger partial charge in [0.25, 0.3) is 11.6 Å². The third-order valence-corrected chi connectivity index (χ3v) is 6.56. The summed E-state index contributed by atoms with van der Waals surface area (Å²) in [5.41, 5.74) is 2.39. The number of carboxylic acids is 1. The second kappa shape index (κ2) is 12.0. The number of carboxylic acid groups (broad SMARTS) is 1. The van der Waals surface area contributed by atoms with E-state index in [1.165, 1.54) is 5.56 Å². The second-order valence-corrected chi connectivity index (χ2v) is 9.82. The lowest BCUT2D eigenvalue weighted by atomic mass is 10.0. The van der Waals surface area contributed by atoms with Crippen molar-refractivity contribution in [3.05, 3.63) is 94.5 Å². The first kappa shape index (κ1) is 27.8. The van der Waals surface area contributed by atoms with Gasteiger partial charge in [-0.1, -0.05) is 63.2 Å². The molecule has 0 heterocycles. The van der Waals surface area contributed by atoms with E-state index in [0.29, 0.717) is 23.0 Å². The Morgan fingerprint density at radius 3 is 2.05 bits per heavy atom. The minimum absolute atomic E-state index is 0.0293. The van der Waals surface area contributed by atoms with E-state index in [2.05, 4.69) is 43.4 Å². The minimum Gasteiger partial charge on any atom is -0.486 e. The van der Waals surface area contributed by atoms with E-state index in [4.69, 9.17) is 9.47 Å². The average Bonchev–Trinajstić information content (AvgIpc) is 2.88. The molecule has 0 aliphatic rings. The fourth-order valence-corrected chi connectivity index (χ4v) is 4.13. The van der Waals surface area contributed by atoms with Gasteiger partial charge in [0.1, 0.15) is 17.6 Å². The largest absolute Gasteiger partial charge is 0.486 e. The Morgan fingerprint density at radius 2 is 1.49 bits per heavy atom. The second-order valence-electron chi connectivity index (χ2n) is 9.82. The molecule has 0 saturated heterocycles. The van der Waals surface area contributed by atoms with Crippen molar-refractivity contribution in [1.82, 2.24) is 5.32 Å². The monoisotopic (exact) mass is 503 g/mol. The van der Waals surface area contributed by atoms with Crippen molar-refractivity contribution in [2.45, 2.75) is 66.2 Å². The van der Waals surface area contributed by atoms with Crippen LogP contribution in [0.5, 0.6) is 11.5 Å². The van der Waals surface area contributed by atoms with Crippen molar-refractivity contribution in [3.63, 3.8) is 0 Å². The molecule has 2 unspecified atom stereocenters. The highest BCUT2D eigenvalue weighted by Gasteiger charge is 2.42. The third-order valence-electron chi connectivity index (χ3n) is 6.56. The number of ether oxygens (including phenoxy) is 2. The van der Waals surface area contributed by atoms with Gasteiger partial charge in [-0.2, -0.15) is 0 Å². The van der Waals surface area contributed by atoms with Crippen LogP contribution in [0.2, 0.25) is 0 Å². The van der Waals surface area contributed by atoms with Crippen molar-refractivity contribution < 1.29 is 24.2 Å². The number of carbonyl (C=O) groups excluding carboxylic acids is 1. The maximum Gasteiger partial charge on any atom is 0.370 e. The molecular formula is C31H37NO5. The molecule has 2 N–H and O–H groups in total. The van der Waals surface area contributed by atoms with E-state index in [1.807, 2.05) is 20.8 Å². The standard InChI is InChI=1S/C31H37NO5/c1-7-31(30(34)35,32-29(33)26-11-9-8-10-12-26)37-28-18-17-27(21(4)22(28)5)36-23(6)25-15-13-24(14-16-25)19-20(2)3/h8-18,20,23H,7,19H2,1-6H3,(H,32,33)(H,34,35). The topological polar surface area (TPSA) is 84.9 Å². The van der Waals surface area contributed by atoms with Gasteiger partial charge in [-0.25, -0.2) is 4.79 Å². The Hall–Kier alpha value is -3.80. The molecule has 1 amide bonds. The van der Waals surface area contributed by atoms with E-state index in [0.717, 1.165) is 23.1 Å². The number of rotatable bonds is 11. The third kappa shape index (κ3) is 6.70. The first-order chi connectivity index (χ1) is 17.6. The predicted octanol–water partition coefficient (Wildman–Crippen LogP) is 6.64. The summed E-state index contributed by atoms with van der Waals surface area (Å²) in [5.74, 6) is -0.133. The maximum absolute atomic E-state index is 12.8. The fraction of sp³-hybridized carbons (Fsp3) is 0.355. The van der Waals surface area contributed by atoms with Gasteiger partial charge >= 0.3 is 5.97 Å². The minimum atomic E-state index is -1.92. The number of hydrogen-bond acceptors (Lipinski definition) is 4. The van der Waals surface area contributed by atoms with Crippen LogP contribution in [0, 0.1) is 19.8 Å². The molecule has 0 spiro atoms. The van der Waals surface area contributed by atoms with E-state index in [-0.39, 0.29) is 12.5 Å². The van der Waals surface area contributed by atoms with Gasteiger partial charge in [0.05, 0.1) is 0 Å². The number of hydrogen-bond donors (Lipinski definition) is 2. The maximum atomic E-state index is 12.8. The molecule has 196 valence electrons. The summed E-state index contributed by atoms with van der Waals surface area (Å²) in [6.07, 6.45) is 0.898. The number of nitrogens with one attached hydrogen (secondary N) is 1. The Balaban J connectivity index is 1.80. The molecule has 6 nitrogen and oxygen atoms in total. The molecule has 6 heteroatoms. The summed E-state index contributed by atoms with van der Waals surface area (Å²) >= 11 is 0. The van der Waals surface area contributed by atoms with Crippen LogP contribution in [-0.2, 0) is 11.2 Å². The van der Waals surface area contributed by atoms with Gasteiger partial charge in [-0.15, -0.1) is 0 Å². The van der Waals surface area contributed by atoms with Crippen molar-refractivity contribution in [2.24, 2.45) is 5.92 Å². The number of carbonyl (C=O) groups is 2. The highest BCUT2D eigenvalue weighted by molar-refractivity contribution is 5.97. The van der Waals surface area contributed by atoms with Crippen LogP contribution >= 0.6 is 0 Å². The van der Waals surface area contributed by atoms with Crippen molar-refractivity contribution in [1.29, 1.82) is 0 Å². The van der Waals surface area contributed by atoms with Gasteiger partial charge in [-0.3, -0.25) is 4.79 Å². The normalized spacial score (nSPS) is 13.5. The molecule has 0 saturated carbocycles. The molecule has 3 rings (SSSR count). The molecule has 0 bridgehead atoms. The Bertz CT molecular complexity index is 1220. The highest BCUT2D eigenvalue weighted by atomic mass is 16.5. The molecule has 0 aliphatic heterocycles. The highest BCUT2D eigenvalue weighted by Crippen LogP contribution is 2.34. The lowest BCUT2D eigenvalue weighted by molar-refractivity contribution is -0.158. The quantitative estimate of drug-likeness (QED) is 0.287. The lowest BCUT2D eigenvalue weighted by Gasteiger charge is -2.31. The number of benzene rings is 3. The molecule has 2 atom stereocenters. The molecular weight excluding hydrogens is 466 g/mol. The van der Waals surface area contributed by atoms with E-state index in [1.54, 1.807) is 49.4 Å². The molecule has 3 aromatic rings. The Labute approximate surface area is 219 Å². The fourth-order valence-electron chi connectivity index (χ4n) is 4.13. The first-order valence-corrected chi connectivity index (χ1v) is 12.7. The van der Waals surface area contributed by atoms with Crippen LogP contribution in [0.1, 0.15) is 72.8 Å². The van der Waals surface area contributed by atoms with Crippen LogP contribution in [-0.4, -0.2) is 22.7 Å². The SMILES string of the molecule is CCC(NC(=O)c1ccccc1)(Oc1ccc(OC(C)c2ccc(CC(C)C)cc2)c(C)c1C)C(=O)O. The number of aliphatic carboxylic acids is 1. The zero-order valence-electron chi connectivity index (χ0n) is 22.5. The smallest absolute Gasteiger partial charge is 0.370 e. The van der Waals surface area contributed by atoms with E-state index in [9.17, 15) is 14.7 Å². The Kier molecular flexibility index (Phi) is 8.98. The van der Waals surface area contributed by atoms with Gasteiger partial charge < -0.3 is 19.9 Å². The van der Waals surface area contributed by atoms with E-state index < -0.39 is 17.6 Å². The molecule has 3 aromatic carbocycles. The van der Waals surface area contributed by atoms with Gasteiger partial charge in [-0.05, 0) is 79.6 Å². The number of amides is 1. The summed E-state index contributed by atoms with van der Waals surface area (Å²) in [7, 11) is 0. The van der Waals surface area contributed by atoms with Crippen LogP contribution in [0.3, 0.4) is 0 Å². The molecule has 0 fully saturated rings. The Morgan fingerprint density at radius 1 is 0.892 bits per heavy atom. The lowest BCUT2D eigenvalue weighted by Crippen LogP contribution is -2.58. The van der Waals surface area contributed by atoms with Gasteiger partial charge in [0, 0.05) is 12.0 Å². The summed E-state index contributed by atoms with van der Waals surface area (Å²) in [6.45, 7) is 11.8. The summed E-state index contributed by atoms with van der Waals surface area (Å²) < 4.78 is 12.3. The van der Waals surface area contributed by atoms with Gasteiger partial charge in [0.15, 0.2) is 0 Å². The van der Waals surface area contributed by atoms with Crippen molar-refractivity contribution in [2.75, 3.05) is 0 Å². The van der Waals surface area contributed by atoms with Crippen molar-refractivity contribution in [3.8, 4) is 11.5 Å². The first-order valence-electron chi connectivity index (χ1n) is 12.7. The van der Waals surface area contributed by atoms with Crippen molar-refractivity contribution >= 4 is 11.9 Å². The van der Waals surface area contributed by atoms with Crippen LogP contribution in [0.25, 0.3) is 0 Å². The molecule has 0 aromatic heterocycles. The van der Waals surface area contributed by atoms with E-state index >= 15 is 0 Å². The van der Waals surface area contributed by atoms with Crippen LogP contribution in [0.4, 0.5) is 0 Å². The zero-order chi connectivity index (χ0) is 27.2. The molecule has 0 radical (unpaired) electrons. The summed E-state index contributed by atoms with van der Waals surface area (Å²) in [4.78, 5) is 25.1. The summed E-state index contributed by atoms with van der Waals surface area (Å²) in [6, 6.07) is 20.4. The average molecular weight is 504 g/mol.